The van der Waals surface area contributed by atoms with Crippen LogP contribution in [0.15, 0.2) is 18.2 Å². The third-order valence-electron chi connectivity index (χ3n) is 3.15. The van der Waals surface area contributed by atoms with Gasteiger partial charge in [0, 0.05) is 12.2 Å². The lowest BCUT2D eigenvalue weighted by molar-refractivity contribution is 0.589. The van der Waals surface area contributed by atoms with Crippen LogP contribution in [0, 0.1) is 12.8 Å². The van der Waals surface area contributed by atoms with Crippen LogP contribution in [0.4, 0.5) is 5.69 Å². The normalized spacial score (nSPS) is 13.5. The maximum atomic E-state index is 5.63. The van der Waals surface area contributed by atoms with Gasteiger partial charge in [-0.15, -0.1) is 0 Å². The molecule has 0 spiro atoms. The molecular weight excluding hydrogens is 208 g/mol. The molecule has 0 aliphatic carbocycles. The molecule has 0 aliphatic rings. The Morgan fingerprint density at radius 3 is 2.47 bits per heavy atom. The number of hydrogen-bond acceptors (Lipinski definition) is 2. The molecule has 0 aromatic heterocycles. The van der Waals surface area contributed by atoms with E-state index in [0.29, 0.717) is 5.92 Å². The smallest absolute Gasteiger partial charge is 0.0372 e. The Morgan fingerprint density at radius 2 is 1.94 bits per heavy atom. The summed E-state index contributed by atoms with van der Waals surface area (Å²) < 4.78 is 0. The highest BCUT2D eigenvalue weighted by Gasteiger charge is 2.14. The monoisotopic (exact) mass is 234 g/mol. The SMILES string of the molecule is Cc1ccc(C(C)(C)C)cc1NCC(C)CN. The van der Waals surface area contributed by atoms with Gasteiger partial charge in [-0.3, -0.25) is 0 Å². The first kappa shape index (κ1) is 14.0. The molecule has 0 saturated heterocycles. The summed E-state index contributed by atoms with van der Waals surface area (Å²) in [6.07, 6.45) is 0. The lowest BCUT2D eigenvalue weighted by Crippen LogP contribution is -2.20. The summed E-state index contributed by atoms with van der Waals surface area (Å²) in [5.41, 5.74) is 9.73. The van der Waals surface area contributed by atoms with E-state index < -0.39 is 0 Å². The number of aryl methyl sites for hydroxylation is 1. The lowest BCUT2D eigenvalue weighted by Gasteiger charge is -2.22. The van der Waals surface area contributed by atoms with Crippen LogP contribution in [-0.4, -0.2) is 13.1 Å². The Bertz CT molecular complexity index is 364. The first-order chi connectivity index (χ1) is 7.84. The highest BCUT2D eigenvalue weighted by atomic mass is 14.9. The van der Waals surface area contributed by atoms with Crippen molar-refractivity contribution in [3.05, 3.63) is 29.3 Å². The van der Waals surface area contributed by atoms with Crippen LogP contribution in [0.1, 0.15) is 38.8 Å². The van der Waals surface area contributed by atoms with Crippen molar-refractivity contribution in [2.75, 3.05) is 18.4 Å². The van der Waals surface area contributed by atoms with Crippen LogP contribution in [0.25, 0.3) is 0 Å². The predicted octanol–water partition coefficient (Wildman–Crippen LogP) is 3.30. The first-order valence-corrected chi connectivity index (χ1v) is 6.39. The van der Waals surface area contributed by atoms with Crippen molar-refractivity contribution in [3.8, 4) is 0 Å². The zero-order valence-corrected chi connectivity index (χ0v) is 11.8. The van der Waals surface area contributed by atoms with E-state index in [9.17, 15) is 0 Å². The van der Waals surface area contributed by atoms with Crippen LogP contribution in [-0.2, 0) is 5.41 Å². The fraction of sp³-hybridized carbons (Fsp3) is 0.600. The number of rotatable bonds is 4. The number of nitrogens with two attached hydrogens (primary N) is 1. The van der Waals surface area contributed by atoms with Gasteiger partial charge in [0.1, 0.15) is 0 Å². The fourth-order valence-electron chi connectivity index (χ4n) is 1.65. The molecule has 1 aromatic carbocycles. The van der Waals surface area contributed by atoms with Gasteiger partial charge in [0.05, 0.1) is 0 Å². The van der Waals surface area contributed by atoms with Gasteiger partial charge < -0.3 is 11.1 Å². The number of nitrogens with one attached hydrogen (secondary N) is 1. The van der Waals surface area contributed by atoms with Crippen LogP contribution >= 0.6 is 0 Å². The third-order valence-corrected chi connectivity index (χ3v) is 3.15. The van der Waals surface area contributed by atoms with Gasteiger partial charge in [-0.05, 0) is 42.0 Å². The molecule has 96 valence electrons. The molecule has 0 bridgehead atoms. The van der Waals surface area contributed by atoms with E-state index in [4.69, 9.17) is 5.73 Å². The molecule has 1 rings (SSSR count). The van der Waals surface area contributed by atoms with Crippen molar-refractivity contribution < 1.29 is 0 Å². The number of benzene rings is 1. The van der Waals surface area contributed by atoms with Gasteiger partial charge in [0.25, 0.3) is 0 Å². The van der Waals surface area contributed by atoms with E-state index in [1.54, 1.807) is 0 Å². The van der Waals surface area contributed by atoms with Crippen molar-refractivity contribution in [2.45, 2.75) is 40.0 Å². The standard InChI is InChI=1S/C15H26N2/c1-11(9-16)10-17-14-8-13(15(3,4)5)7-6-12(14)2/h6-8,11,17H,9-10,16H2,1-5H3. The number of anilines is 1. The Balaban J connectivity index is 2.84. The zero-order chi connectivity index (χ0) is 13.1. The molecule has 3 N–H and O–H groups in total. The second-order valence-corrected chi connectivity index (χ2v) is 6.00. The Morgan fingerprint density at radius 1 is 1.29 bits per heavy atom. The van der Waals surface area contributed by atoms with E-state index in [0.717, 1.165) is 13.1 Å². The van der Waals surface area contributed by atoms with Gasteiger partial charge in [-0.25, -0.2) is 0 Å². The molecule has 0 saturated carbocycles. The lowest BCUT2D eigenvalue weighted by atomic mass is 9.86. The molecule has 1 aromatic rings. The molecule has 2 nitrogen and oxygen atoms in total. The summed E-state index contributed by atoms with van der Waals surface area (Å²) in [5, 5.41) is 3.50. The summed E-state index contributed by atoms with van der Waals surface area (Å²) in [6.45, 7) is 12.7. The van der Waals surface area contributed by atoms with Crippen molar-refractivity contribution in [1.29, 1.82) is 0 Å². The zero-order valence-electron chi connectivity index (χ0n) is 11.8. The van der Waals surface area contributed by atoms with Crippen LogP contribution < -0.4 is 11.1 Å². The molecule has 1 unspecified atom stereocenters. The second-order valence-electron chi connectivity index (χ2n) is 6.00. The van der Waals surface area contributed by atoms with Crippen molar-refractivity contribution in [1.82, 2.24) is 0 Å². The molecular formula is C15H26N2. The Labute approximate surface area is 106 Å². The molecule has 0 radical (unpaired) electrons. The highest BCUT2D eigenvalue weighted by Crippen LogP contribution is 2.26. The quantitative estimate of drug-likeness (QED) is 0.839. The molecule has 0 heterocycles. The highest BCUT2D eigenvalue weighted by molar-refractivity contribution is 5.53. The van der Waals surface area contributed by atoms with E-state index in [1.165, 1.54) is 16.8 Å². The van der Waals surface area contributed by atoms with Gasteiger partial charge in [0.2, 0.25) is 0 Å². The average Bonchev–Trinajstić information content (AvgIpc) is 2.26. The largest absolute Gasteiger partial charge is 0.385 e. The maximum Gasteiger partial charge on any atom is 0.0372 e. The van der Waals surface area contributed by atoms with E-state index in [-0.39, 0.29) is 5.41 Å². The van der Waals surface area contributed by atoms with E-state index in [1.807, 2.05) is 0 Å². The van der Waals surface area contributed by atoms with Gasteiger partial charge in [0.15, 0.2) is 0 Å². The summed E-state index contributed by atoms with van der Waals surface area (Å²) in [4.78, 5) is 0. The van der Waals surface area contributed by atoms with Gasteiger partial charge in [-0.2, -0.15) is 0 Å². The summed E-state index contributed by atoms with van der Waals surface area (Å²) in [7, 11) is 0. The van der Waals surface area contributed by atoms with Crippen molar-refractivity contribution in [2.24, 2.45) is 11.7 Å². The predicted molar refractivity (Wildman–Crippen MR) is 76.6 cm³/mol. The van der Waals surface area contributed by atoms with Gasteiger partial charge in [-0.1, -0.05) is 39.8 Å². The summed E-state index contributed by atoms with van der Waals surface area (Å²) in [6, 6.07) is 6.67. The van der Waals surface area contributed by atoms with Crippen molar-refractivity contribution in [3.63, 3.8) is 0 Å². The summed E-state index contributed by atoms with van der Waals surface area (Å²) in [5.74, 6) is 0.507. The maximum absolute atomic E-state index is 5.63. The van der Waals surface area contributed by atoms with E-state index >= 15 is 0 Å². The molecule has 0 amide bonds. The molecule has 0 fully saturated rings. The Kier molecular flexibility index (Phi) is 4.58. The van der Waals surface area contributed by atoms with Crippen LogP contribution in [0.2, 0.25) is 0 Å². The van der Waals surface area contributed by atoms with Gasteiger partial charge >= 0.3 is 0 Å². The number of hydrogen-bond donors (Lipinski definition) is 2. The van der Waals surface area contributed by atoms with E-state index in [2.05, 4.69) is 58.1 Å². The minimum atomic E-state index is 0.198. The summed E-state index contributed by atoms with van der Waals surface area (Å²) >= 11 is 0. The molecule has 2 heteroatoms. The topological polar surface area (TPSA) is 38.0 Å². The Hall–Kier alpha value is -1.02. The third kappa shape index (κ3) is 4.04. The average molecular weight is 234 g/mol. The molecule has 1 atom stereocenters. The fourth-order valence-corrected chi connectivity index (χ4v) is 1.65. The van der Waals surface area contributed by atoms with Crippen LogP contribution in [0.3, 0.4) is 0 Å². The minimum Gasteiger partial charge on any atom is -0.385 e. The molecule has 0 aliphatic heterocycles. The first-order valence-electron chi connectivity index (χ1n) is 6.39. The minimum absolute atomic E-state index is 0.198. The van der Waals surface area contributed by atoms with Crippen molar-refractivity contribution >= 4 is 5.69 Å². The van der Waals surface area contributed by atoms with Crippen LogP contribution in [0.5, 0.6) is 0 Å². The molecule has 17 heavy (non-hydrogen) atoms. The second kappa shape index (κ2) is 5.54.